The number of hydrogen-bond donors (Lipinski definition) is 2. The fourth-order valence-corrected chi connectivity index (χ4v) is 1.65. The average molecular weight is 238 g/mol. The van der Waals surface area contributed by atoms with Crippen molar-refractivity contribution in [1.82, 2.24) is 15.0 Å². The number of methoxy groups -OCH3 is 1. The van der Waals surface area contributed by atoms with E-state index < -0.39 is 0 Å². The number of hydrogen-bond acceptors (Lipinski definition) is 7. The monoisotopic (exact) mass is 238 g/mol. The van der Waals surface area contributed by atoms with E-state index in [-0.39, 0.29) is 17.7 Å². The Balaban J connectivity index is 2.37. The van der Waals surface area contributed by atoms with Crippen LogP contribution in [0.1, 0.15) is 18.7 Å². The molecular formula is C9H14N6O2. The third-order valence-corrected chi connectivity index (χ3v) is 2.51. The Labute approximate surface area is 98.1 Å². The first-order valence-electron chi connectivity index (χ1n) is 5.27. The van der Waals surface area contributed by atoms with Crippen LogP contribution < -0.4 is 15.4 Å². The molecule has 2 heterocycles. The standard InChI is InChI=1S/C9H14N6O2/c1-17-9-12-7(6(10)14-16)11-8(13-9)15-4-2-3-5-15/h16H,2-5H2,1H3,(H2,10,14). The summed E-state index contributed by atoms with van der Waals surface area (Å²) in [5, 5.41) is 11.5. The lowest BCUT2D eigenvalue weighted by Gasteiger charge is -2.15. The quantitative estimate of drug-likeness (QED) is 0.318. The zero-order chi connectivity index (χ0) is 12.3. The van der Waals surface area contributed by atoms with Crippen LogP contribution in [0.4, 0.5) is 5.95 Å². The van der Waals surface area contributed by atoms with Gasteiger partial charge in [-0.3, -0.25) is 0 Å². The van der Waals surface area contributed by atoms with Gasteiger partial charge in [0, 0.05) is 13.1 Å². The number of aromatic nitrogens is 3. The van der Waals surface area contributed by atoms with Gasteiger partial charge in [-0.15, -0.1) is 0 Å². The van der Waals surface area contributed by atoms with Gasteiger partial charge in [-0.25, -0.2) is 0 Å². The summed E-state index contributed by atoms with van der Waals surface area (Å²) in [4.78, 5) is 14.2. The molecule has 1 aromatic heterocycles. The normalized spacial score (nSPS) is 16.3. The maximum atomic E-state index is 8.62. The molecule has 0 atom stereocenters. The van der Waals surface area contributed by atoms with Gasteiger partial charge in [0.1, 0.15) is 0 Å². The van der Waals surface area contributed by atoms with Gasteiger partial charge in [-0.05, 0) is 12.8 Å². The van der Waals surface area contributed by atoms with E-state index in [1.54, 1.807) is 0 Å². The molecule has 0 aliphatic carbocycles. The molecule has 0 bridgehead atoms. The lowest BCUT2D eigenvalue weighted by molar-refractivity contribution is 0.318. The highest BCUT2D eigenvalue weighted by atomic mass is 16.5. The Morgan fingerprint density at radius 3 is 2.65 bits per heavy atom. The zero-order valence-corrected chi connectivity index (χ0v) is 9.50. The molecule has 0 unspecified atom stereocenters. The van der Waals surface area contributed by atoms with Crippen LogP contribution >= 0.6 is 0 Å². The van der Waals surface area contributed by atoms with Crippen molar-refractivity contribution in [3.05, 3.63) is 5.82 Å². The largest absolute Gasteiger partial charge is 0.467 e. The third kappa shape index (κ3) is 2.35. The summed E-state index contributed by atoms with van der Waals surface area (Å²) in [6.45, 7) is 1.78. The molecule has 8 nitrogen and oxygen atoms in total. The second-order valence-corrected chi connectivity index (χ2v) is 3.63. The highest BCUT2D eigenvalue weighted by Crippen LogP contribution is 2.17. The Morgan fingerprint density at radius 2 is 2.06 bits per heavy atom. The van der Waals surface area contributed by atoms with Crippen molar-refractivity contribution in [1.29, 1.82) is 0 Å². The maximum Gasteiger partial charge on any atom is 0.321 e. The van der Waals surface area contributed by atoms with E-state index in [9.17, 15) is 0 Å². The van der Waals surface area contributed by atoms with Gasteiger partial charge in [0.05, 0.1) is 7.11 Å². The summed E-state index contributed by atoms with van der Waals surface area (Å²) in [5.41, 5.74) is 5.46. The molecule has 1 aliphatic rings. The molecule has 0 spiro atoms. The molecule has 1 saturated heterocycles. The first-order valence-corrected chi connectivity index (χ1v) is 5.27. The van der Waals surface area contributed by atoms with Crippen LogP contribution in [0, 0.1) is 0 Å². The summed E-state index contributed by atoms with van der Waals surface area (Å²) in [5.74, 6) is 0.448. The third-order valence-electron chi connectivity index (χ3n) is 2.51. The van der Waals surface area contributed by atoms with Crippen molar-refractivity contribution in [3.8, 4) is 6.01 Å². The van der Waals surface area contributed by atoms with Crippen molar-refractivity contribution >= 4 is 11.8 Å². The lowest BCUT2D eigenvalue weighted by atomic mass is 10.4. The summed E-state index contributed by atoms with van der Waals surface area (Å²) in [6, 6.07) is 0.156. The second-order valence-electron chi connectivity index (χ2n) is 3.63. The highest BCUT2D eigenvalue weighted by Gasteiger charge is 2.18. The minimum atomic E-state index is -0.161. The smallest absolute Gasteiger partial charge is 0.321 e. The summed E-state index contributed by atoms with van der Waals surface area (Å²) >= 11 is 0. The van der Waals surface area contributed by atoms with Crippen molar-refractivity contribution < 1.29 is 9.94 Å². The van der Waals surface area contributed by atoms with Crippen molar-refractivity contribution in [2.45, 2.75) is 12.8 Å². The van der Waals surface area contributed by atoms with Crippen LogP contribution in [0.15, 0.2) is 5.16 Å². The van der Waals surface area contributed by atoms with Crippen LogP contribution in [0.3, 0.4) is 0 Å². The fraction of sp³-hybridized carbons (Fsp3) is 0.556. The molecule has 1 aliphatic heterocycles. The average Bonchev–Trinajstić information content (AvgIpc) is 2.91. The number of nitrogens with two attached hydrogens (primary N) is 1. The van der Waals surface area contributed by atoms with Crippen LogP contribution in [0.25, 0.3) is 0 Å². The maximum absolute atomic E-state index is 8.62. The minimum Gasteiger partial charge on any atom is -0.467 e. The van der Waals surface area contributed by atoms with Crippen LogP contribution in [0.5, 0.6) is 6.01 Å². The first-order chi connectivity index (χ1) is 8.24. The molecule has 3 N–H and O–H groups in total. The summed E-state index contributed by atoms with van der Waals surface area (Å²) in [7, 11) is 1.46. The Morgan fingerprint density at radius 1 is 1.35 bits per heavy atom. The summed E-state index contributed by atoms with van der Waals surface area (Å²) in [6.07, 6.45) is 2.21. The van der Waals surface area contributed by atoms with Gasteiger partial charge in [0.25, 0.3) is 0 Å². The van der Waals surface area contributed by atoms with Gasteiger partial charge in [0.2, 0.25) is 17.6 Å². The Hall–Kier alpha value is -2.12. The predicted octanol–water partition coefficient (Wildman–Crippen LogP) is -0.425. The summed E-state index contributed by atoms with van der Waals surface area (Å²) < 4.78 is 4.97. The van der Waals surface area contributed by atoms with Gasteiger partial charge in [-0.2, -0.15) is 15.0 Å². The van der Waals surface area contributed by atoms with Gasteiger partial charge in [-0.1, -0.05) is 5.16 Å². The number of anilines is 1. The molecule has 1 aromatic rings. The lowest BCUT2D eigenvalue weighted by Crippen LogP contribution is -2.24. The SMILES string of the molecule is COc1nc(/C(N)=N/O)nc(N2CCCC2)n1. The predicted molar refractivity (Wildman–Crippen MR) is 60.3 cm³/mol. The Kier molecular flexibility index (Phi) is 3.22. The number of rotatable bonds is 3. The molecule has 92 valence electrons. The van der Waals surface area contributed by atoms with Gasteiger partial charge in [0.15, 0.2) is 0 Å². The van der Waals surface area contributed by atoms with Crippen molar-refractivity contribution in [3.63, 3.8) is 0 Å². The molecule has 8 heteroatoms. The second kappa shape index (κ2) is 4.81. The molecule has 0 radical (unpaired) electrons. The Bertz CT molecular complexity index is 429. The van der Waals surface area contributed by atoms with E-state index in [2.05, 4.69) is 20.1 Å². The van der Waals surface area contributed by atoms with E-state index >= 15 is 0 Å². The van der Waals surface area contributed by atoms with Crippen molar-refractivity contribution in [2.24, 2.45) is 10.9 Å². The molecule has 17 heavy (non-hydrogen) atoms. The highest BCUT2D eigenvalue weighted by molar-refractivity contribution is 5.93. The number of amidine groups is 1. The van der Waals surface area contributed by atoms with Crippen LogP contribution in [-0.2, 0) is 0 Å². The first kappa shape index (κ1) is 11.4. The number of oxime groups is 1. The van der Waals surface area contributed by atoms with E-state index in [1.165, 1.54) is 7.11 Å². The van der Waals surface area contributed by atoms with Gasteiger partial charge < -0.3 is 20.6 Å². The molecule has 1 fully saturated rings. The van der Waals surface area contributed by atoms with Crippen LogP contribution in [-0.4, -0.2) is 46.2 Å². The van der Waals surface area contributed by atoms with E-state index in [1.807, 2.05) is 4.90 Å². The fourth-order valence-electron chi connectivity index (χ4n) is 1.65. The van der Waals surface area contributed by atoms with E-state index in [0.717, 1.165) is 25.9 Å². The minimum absolute atomic E-state index is 0.112. The van der Waals surface area contributed by atoms with Crippen molar-refractivity contribution in [2.75, 3.05) is 25.1 Å². The molecule has 0 amide bonds. The number of nitrogens with zero attached hydrogens (tertiary/aromatic N) is 5. The molecule has 0 saturated carbocycles. The molecular weight excluding hydrogens is 224 g/mol. The van der Waals surface area contributed by atoms with E-state index in [0.29, 0.717) is 5.95 Å². The van der Waals surface area contributed by atoms with Crippen LogP contribution in [0.2, 0.25) is 0 Å². The molecule has 0 aromatic carbocycles. The molecule has 2 rings (SSSR count). The van der Waals surface area contributed by atoms with E-state index in [4.69, 9.17) is 15.7 Å². The number of ether oxygens (including phenoxy) is 1. The van der Waals surface area contributed by atoms with Gasteiger partial charge >= 0.3 is 6.01 Å². The topological polar surface area (TPSA) is 110 Å². The zero-order valence-electron chi connectivity index (χ0n) is 9.50.